The van der Waals surface area contributed by atoms with Crippen molar-refractivity contribution in [1.82, 2.24) is 14.7 Å². The lowest BCUT2D eigenvalue weighted by Gasteiger charge is -2.40. The summed E-state index contributed by atoms with van der Waals surface area (Å²) in [4.78, 5) is 31.3. The molecule has 3 fully saturated rings. The second kappa shape index (κ2) is 9.12. The van der Waals surface area contributed by atoms with Gasteiger partial charge in [-0.1, -0.05) is 0 Å². The molecule has 26 heavy (non-hydrogen) atoms. The van der Waals surface area contributed by atoms with Crippen LogP contribution >= 0.6 is 0 Å². The van der Waals surface area contributed by atoms with Gasteiger partial charge in [0.2, 0.25) is 11.8 Å². The summed E-state index contributed by atoms with van der Waals surface area (Å²) in [5.41, 5.74) is 6.23. The van der Waals surface area contributed by atoms with Crippen molar-refractivity contribution in [3.05, 3.63) is 0 Å². The fourth-order valence-corrected chi connectivity index (χ4v) is 4.02. The first-order valence-electron chi connectivity index (χ1n) is 9.80. The minimum absolute atomic E-state index is 0.0451. The molecule has 8 heteroatoms. The normalized spacial score (nSPS) is 25.8. The van der Waals surface area contributed by atoms with Gasteiger partial charge < -0.3 is 25.0 Å². The van der Waals surface area contributed by atoms with E-state index in [1.807, 2.05) is 16.7 Å². The molecule has 0 aromatic carbocycles. The standard InChI is InChI=1S/C18H32N4O4/c1-14(17(23)22-8-12-26-13-9-22)20-4-6-21(7-5-20)18(24)16(19)15-2-10-25-11-3-15/h14-16H,2-13,19H2,1H3. The molecular weight excluding hydrogens is 336 g/mol. The highest BCUT2D eigenvalue weighted by molar-refractivity contribution is 5.83. The van der Waals surface area contributed by atoms with Gasteiger partial charge in [0.1, 0.15) is 0 Å². The first-order valence-corrected chi connectivity index (χ1v) is 9.80. The average Bonchev–Trinajstić information content (AvgIpc) is 2.73. The van der Waals surface area contributed by atoms with Crippen molar-refractivity contribution in [3.63, 3.8) is 0 Å². The van der Waals surface area contributed by atoms with Crippen molar-refractivity contribution in [2.24, 2.45) is 11.7 Å². The number of morpholine rings is 1. The van der Waals surface area contributed by atoms with Gasteiger partial charge >= 0.3 is 0 Å². The smallest absolute Gasteiger partial charge is 0.239 e. The maximum Gasteiger partial charge on any atom is 0.239 e. The van der Waals surface area contributed by atoms with E-state index in [9.17, 15) is 9.59 Å². The van der Waals surface area contributed by atoms with Crippen LogP contribution in [0.25, 0.3) is 0 Å². The van der Waals surface area contributed by atoms with E-state index < -0.39 is 6.04 Å². The highest BCUT2D eigenvalue weighted by Crippen LogP contribution is 2.20. The Morgan fingerprint density at radius 1 is 0.846 bits per heavy atom. The third-order valence-corrected chi connectivity index (χ3v) is 5.91. The van der Waals surface area contributed by atoms with Crippen LogP contribution in [0.15, 0.2) is 0 Å². The third-order valence-electron chi connectivity index (χ3n) is 5.91. The van der Waals surface area contributed by atoms with Gasteiger partial charge in [-0.2, -0.15) is 0 Å². The molecular formula is C18H32N4O4. The van der Waals surface area contributed by atoms with Crippen molar-refractivity contribution in [1.29, 1.82) is 0 Å². The lowest BCUT2D eigenvalue weighted by molar-refractivity contribution is -0.142. The van der Waals surface area contributed by atoms with Gasteiger partial charge in [0.15, 0.2) is 0 Å². The maximum absolute atomic E-state index is 12.7. The SMILES string of the molecule is CC(C(=O)N1CCOCC1)N1CCN(C(=O)C(N)C2CCOCC2)CC1. The summed E-state index contributed by atoms with van der Waals surface area (Å²) in [5, 5.41) is 0. The summed E-state index contributed by atoms with van der Waals surface area (Å²) >= 11 is 0. The van der Waals surface area contributed by atoms with E-state index >= 15 is 0 Å². The van der Waals surface area contributed by atoms with Gasteiger partial charge in [0.25, 0.3) is 0 Å². The first kappa shape index (κ1) is 19.5. The molecule has 3 aliphatic heterocycles. The van der Waals surface area contributed by atoms with Gasteiger partial charge in [-0.15, -0.1) is 0 Å². The van der Waals surface area contributed by atoms with Gasteiger partial charge in [-0.3, -0.25) is 14.5 Å². The number of amides is 2. The van der Waals surface area contributed by atoms with Gasteiger partial charge in [0, 0.05) is 52.5 Å². The monoisotopic (exact) mass is 368 g/mol. The van der Waals surface area contributed by atoms with E-state index in [0.717, 1.165) is 12.8 Å². The van der Waals surface area contributed by atoms with Crippen LogP contribution in [0.5, 0.6) is 0 Å². The molecule has 148 valence electrons. The van der Waals surface area contributed by atoms with E-state index in [2.05, 4.69) is 4.90 Å². The van der Waals surface area contributed by atoms with Crippen molar-refractivity contribution >= 4 is 11.8 Å². The zero-order chi connectivity index (χ0) is 18.5. The number of nitrogens with two attached hydrogens (primary N) is 1. The Hall–Kier alpha value is -1.22. The minimum atomic E-state index is -0.433. The third kappa shape index (κ3) is 4.54. The number of carbonyl (C=O) groups is 2. The number of carbonyl (C=O) groups excluding carboxylic acids is 2. The summed E-state index contributed by atoms with van der Waals surface area (Å²) < 4.78 is 10.7. The summed E-state index contributed by atoms with van der Waals surface area (Å²) in [5.74, 6) is 0.423. The molecule has 0 aromatic rings. The summed E-state index contributed by atoms with van der Waals surface area (Å²) in [6.07, 6.45) is 1.72. The molecule has 0 aromatic heterocycles. The second-order valence-electron chi connectivity index (χ2n) is 7.45. The average molecular weight is 368 g/mol. The zero-order valence-corrected chi connectivity index (χ0v) is 15.8. The zero-order valence-electron chi connectivity index (χ0n) is 15.8. The molecule has 0 aliphatic carbocycles. The van der Waals surface area contributed by atoms with E-state index in [4.69, 9.17) is 15.2 Å². The lowest BCUT2D eigenvalue weighted by Crippen LogP contribution is -2.59. The number of ether oxygens (including phenoxy) is 2. The van der Waals surface area contributed by atoms with E-state index in [-0.39, 0.29) is 23.8 Å². The molecule has 0 radical (unpaired) electrons. The van der Waals surface area contributed by atoms with Gasteiger partial charge in [0.05, 0.1) is 25.3 Å². The van der Waals surface area contributed by atoms with Crippen LogP contribution in [-0.2, 0) is 19.1 Å². The topological polar surface area (TPSA) is 88.3 Å². The van der Waals surface area contributed by atoms with Crippen LogP contribution in [0.2, 0.25) is 0 Å². The number of rotatable bonds is 4. The molecule has 2 amide bonds. The Morgan fingerprint density at radius 2 is 1.38 bits per heavy atom. The van der Waals surface area contributed by atoms with Crippen LogP contribution in [0.4, 0.5) is 0 Å². The maximum atomic E-state index is 12.7. The van der Waals surface area contributed by atoms with Crippen LogP contribution in [0.3, 0.4) is 0 Å². The molecule has 0 spiro atoms. The minimum Gasteiger partial charge on any atom is -0.381 e. The van der Waals surface area contributed by atoms with Crippen molar-refractivity contribution in [3.8, 4) is 0 Å². The van der Waals surface area contributed by atoms with Gasteiger partial charge in [-0.05, 0) is 25.7 Å². The van der Waals surface area contributed by atoms with E-state index in [1.54, 1.807) is 0 Å². The molecule has 3 rings (SSSR count). The fourth-order valence-electron chi connectivity index (χ4n) is 4.02. The lowest BCUT2D eigenvalue weighted by atomic mass is 9.91. The molecule has 2 unspecified atom stereocenters. The van der Waals surface area contributed by atoms with Crippen LogP contribution < -0.4 is 5.73 Å². The molecule has 2 atom stereocenters. The van der Waals surface area contributed by atoms with Crippen LogP contribution in [-0.4, -0.2) is 104 Å². The number of piperazine rings is 1. The fraction of sp³-hybridized carbons (Fsp3) is 0.889. The number of nitrogens with zero attached hydrogens (tertiary/aromatic N) is 3. The van der Waals surface area contributed by atoms with Crippen molar-refractivity contribution in [2.75, 3.05) is 65.7 Å². The Bertz CT molecular complexity index is 484. The Labute approximate surface area is 155 Å². The molecule has 8 nitrogen and oxygen atoms in total. The van der Waals surface area contributed by atoms with E-state index in [1.165, 1.54) is 0 Å². The quantitative estimate of drug-likeness (QED) is 0.694. The van der Waals surface area contributed by atoms with Gasteiger partial charge in [-0.25, -0.2) is 0 Å². The highest BCUT2D eigenvalue weighted by Gasteiger charge is 2.34. The van der Waals surface area contributed by atoms with Crippen LogP contribution in [0, 0.1) is 5.92 Å². The first-order chi connectivity index (χ1) is 12.6. The summed E-state index contributed by atoms with van der Waals surface area (Å²) in [6, 6.07) is -0.590. The van der Waals surface area contributed by atoms with E-state index in [0.29, 0.717) is 65.7 Å². The Morgan fingerprint density at radius 3 is 2.00 bits per heavy atom. The predicted octanol–water partition coefficient (Wildman–Crippen LogP) is -0.868. The predicted molar refractivity (Wildman–Crippen MR) is 96.5 cm³/mol. The van der Waals surface area contributed by atoms with Crippen molar-refractivity contribution < 1.29 is 19.1 Å². The molecule has 2 N–H and O–H groups in total. The summed E-state index contributed by atoms with van der Waals surface area (Å²) in [7, 11) is 0. The molecule has 0 bridgehead atoms. The Kier molecular flexibility index (Phi) is 6.86. The number of hydrogen-bond acceptors (Lipinski definition) is 6. The van der Waals surface area contributed by atoms with Crippen molar-refractivity contribution in [2.45, 2.75) is 31.8 Å². The summed E-state index contributed by atoms with van der Waals surface area (Å²) in [6.45, 7) is 8.61. The molecule has 3 saturated heterocycles. The molecule has 3 heterocycles. The molecule has 3 aliphatic rings. The highest BCUT2D eigenvalue weighted by atomic mass is 16.5. The van der Waals surface area contributed by atoms with Crippen LogP contribution in [0.1, 0.15) is 19.8 Å². The largest absolute Gasteiger partial charge is 0.381 e. The number of hydrogen-bond donors (Lipinski definition) is 1. The Balaban J connectivity index is 1.47. The second-order valence-corrected chi connectivity index (χ2v) is 7.45. The molecule has 0 saturated carbocycles.